The molecule has 2 aromatic rings. The molecule has 0 spiro atoms. The van der Waals surface area contributed by atoms with Gasteiger partial charge in [0.05, 0.1) is 13.2 Å². The Bertz CT molecular complexity index is 713. The third-order valence-corrected chi connectivity index (χ3v) is 3.48. The molecule has 0 fully saturated rings. The molecule has 2 aromatic carbocycles. The van der Waals surface area contributed by atoms with Gasteiger partial charge >= 0.3 is 0 Å². The highest BCUT2D eigenvalue weighted by Crippen LogP contribution is 2.25. The number of methoxy groups -OCH3 is 1. The van der Waals surface area contributed by atoms with Gasteiger partial charge in [-0.1, -0.05) is 29.8 Å². The van der Waals surface area contributed by atoms with Crippen molar-refractivity contribution in [3.05, 3.63) is 64.7 Å². The first kappa shape index (κ1) is 14.8. The lowest BCUT2D eigenvalue weighted by Gasteiger charge is -2.12. The first-order valence-corrected chi connectivity index (χ1v) is 6.72. The van der Waals surface area contributed by atoms with Crippen molar-refractivity contribution >= 4 is 5.78 Å². The van der Waals surface area contributed by atoms with E-state index in [0.717, 1.165) is 11.1 Å². The molecule has 0 aliphatic rings. The van der Waals surface area contributed by atoms with Gasteiger partial charge in [-0.25, -0.2) is 0 Å². The SMILES string of the molecule is COc1cccc(C(C#N)C(=O)c2cc(C)ccc2C)c1. The minimum Gasteiger partial charge on any atom is -0.497 e. The van der Waals surface area contributed by atoms with Gasteiger partial charge in [0.15, 0.2) is 5.78 Å². The largest absolute Gasteiger partial charge is 0.497 e. The number of ketones is 1. The van der Waals surface area contributed by atoms with Gasteiger partial charge in [-0.05, 0) is 43.2 Å². The van der Waals surface area contributed by atoms with E-state index in [4.69, 9.17) is 4.74 Å². The number of ether oxygens (including phenoxy) is 1. The van der Waals surface area contributed by atoms with Gasteiger partial charge in [0, 0.05) is 5.56 Å². The summed E-state index contributed by atoms with van der Waals surface area (Å²) in [7, 11) is 1.56. The second kappa shape index (κ2) is 6.23. The molecule has 0 aromatic heterocycles. The number of carbonyl (C=O) groups excluding carboxylic acids is 1. The van der Waals surface area contributed by atoms with Crippen LogP contribution in [0.1, 0.15) is 33.0 Å². The van der Waals surface area contributed by atoms with Crippen molar-refractivity contribution < 1.29 is 9.53 Å². The molecule has 1 unspecified atom stereocenters. The van der Waals surface area contributed by atoms with E-state index in [0.29, 0.717) is 16.9 Å². The Morgan fingerprint density at radius 3 is 2.62 bits per heavy atom. The van der Waals surface area contributed by atoms with Crippen LogP contribution in [0.4, 0.5) is 0 Å². The van der Waals surface area contributed by atoms with Crippen LogP contribution >= 0.6 is 0 Å². The van der Waals surface area contributed by atoms with E-state index in [9.17, 15) is 10.1 Å². The van der Waals surface area contributed by atoms with Gasteiger partial charge in [-0.2, -0.15) is 5.26 Å². The Morgan fingerprint density at radius 2 is 1.95 bits per heavy atom. The number of Topliss-reactive ketones (excluding diaryl/α,β-unsaturated/α-hetero) is 1. The Morgan fingerprint density at radius 1 is 1.19 bits per heavy atom. The average molecular weight is 279 g/mol. The quantitative estimate of drug-likeness (QED) is 0.800. The minimum atomic E-state index is -0.819. The van der Waals surface area contributed by atoms with Gasteiger partial charge in [-0.3, -0.25) is 4.79 Å². The molecule has 0 aliphatic heterocycles. The number of carbonyl (C=O) groups is 1. The van der Waals surface area contributed by atoms with Crippen LogP contribution in [0.25, 0.3) is 0 Å². The van der Waals surface area contributed by atoms with E-state index in [2.05, 4.69) is 6.07 Å². The summed E-state index contributed by atoms with van der Waals surface area (Å²) >= 11 is 0. The lowest BCUT2D eigenvalue weighted by atomic mass is 9.89. The normalized spacial score (nSPS) is 11.5. The summed E-state index contributed by atoms with van der Waals surface area (Å²) in [6, 6.07) is 14.9. The van der Waals surface area contributed by atoms with E-state index in [1.807, 2.05) is 32.0 Å². The number of aryl methyl sites for hydroxylation is 2. The van der Waals surface area contributed by atoms with Crippen LogP contribution in [-0.2, 0) is 0 Å². The predicted octanol–water partition coefficient (Wildman–Crippen LogP) is 3.80. The second-order valence-electron chi connectivity index (χ2n) is 5.02. The number of nitrogens with zero attached hydrogens (tertiary/aromatic N) is 1. The fourth-order valence-corrected chi connectivity index (χ4v) is 2.26. The van der Waals surface area contributed by atoms with Gasteiger partial charge in [0.1, 0.15) is 11.7 Å². The molecule has 0 heterocycles. The predicted molar refractivity (Wildman–Crippen MR) is 81.6 cm³/mol. The van der Waals surface area contributed by atoms with Crippen LogP contribution in [0.15, 0.2) is 42.5 Å². The number of rotatable bonds is 4. The van der Waals surface area contributed by atoms with E-state index < -0.39 is 5.92 Å². The Balaban J connectivity index is 2.43. The van der Waals surface area contributed by atoms with Gasteiger partial charge in [-0.15, -0.1) is 0 Å². The number of benzene rings is 2. The van der Waals surface area contributed by atoms with Crippen molar-refractivity contribution in [2.75, 3.05) is 7.11 Å². The average Bonchev–Trinajstić information content (AvgIpc) is 2.50. The zero-order chi connectivity index (χ0) is 15.4. The highest BCUT2D eigenvalue weighted by atomic mass is 16.5. The number of hydrogen-bond donors (Lipinski definition) is 0. The molecular weight excluding hydrogens is 262 g/mol. The van der Waals surface area contributed by atoms with E-state index >= 15 is 0 Å². The van der Waals surface area contributed by atoms with Crippen molar-refractivity contribution in [3.63, 3.8) is 0 Å². The van der Waals surface area contributed by atoms with E-state index in [1.165, 1.54) is 0 Å². The molecule has 106 valence electrons. The standard InChI is InChI=1S/C18H17NO2/c1-12-7-8-13(2)16(9-12)18(20)17(11-19)14-5-4-6-15(10-14)21-3/h4-10,17H,1-3H3. The molecule has 0 saturated carbocycles. The third-order valence-electron chi connectivity index (χ3n) is 3.48. The molecule has 0 saturated heterocycles. The molecule has 0 aliphatic carbocycles. The summed E-state index contributed by atoms with van der Waals surface area (Å²) in [5.74, 6) is -0.353. The summed E-state index contributed by atoms with van der Waals surface area (Å²) in [5.41, 5.74) is 3.15. The molecular formula is C18H17NO2. The van der Waals surface area contributed by atoms with E-state index in [-0.39, 0.29) is 5.78 Å². The second-order valence-corrected chi connectivity index (χ2v) is 5.02. The Kier molecular flexibility index (Phi) is 4.39. The van der Waals surface area contributed by atoms with Crippen LogP contribution in [0.3, 0.4) is 0 Å². The molecule has 3 nitrogen and oxygen atoms in total. The Hall–Kier alpha value is -2.60. The first-order valence-electron chi connectivity index (χ1n) is 6.72. The lowest BCUT2D eigenvalue weighted by Crippen LogP contribution is -2.13. The topological polar surface area (TPSA) is 50.1 Å². The molecule has 0 bridgehead atoms. The molecule has 0 amide bonds. The molecule has 3 heteroatoms. The van der Waals surface area contributed by atoms with Crippen LogP contribution in [-0.4, -0.2) is 12.9 Å². The number of nitriles is 1. The van der Waals surface area contributed by atoms with Crippen molar-refractivity contribution in [1.82, 2.24) is 0 Å². The summed E-state index contributed by atoms with van der Waals surface area (Å²) < 4.78 is 5.16. The van der Waals surface area contributed by atoms with Crippen molar-refractivity contribution in [3.8, 4) is 11.8 Å². The minimum absolute atomic E-state index is 0.174. The van der Waals surface area contributed by atoms with E-state index in [1.54, 1.807) is 31.4 Å². The summed E-state index contributed by atoms with van der Waals surface area (Å²) in [6.45, 7) is 3.82. The monoisotopic (exact) mass is 279 g/mol. The summed E-state index contributed by atoms with van der Waals surface area (Å²) in [4.78, 5) is 12.7. The maximum Gasteiger partial charge on any atom is 0.184 e. The highest BCUT2D eigenvalue weighted by Gasteiger charge is 2.23. The zero-order valence-corrected chi connectivity index (χ0v) is 12.4. The van der Waals surface area contributed by atoms with Crippen LogP contribution in [0, 0.1) is 25.2 Å². The lowest BCUT2D eigenvalue weighted by molar-refractivity contribution is 0.0978. The zero-order valence-electron chi connectivity index (χ0n) is 12.4. The van der Waals surface area contributed by atoms with Crippen molar-refractivity contribution in [2.24, 2.45) is 0 Å². The van der Waals surface area contributed by atoms with Gasteiger partial charge in [0.2, 0.25) is 0 Å². The van der Waals surface area contributed by atoms with Gasteiger partial charge < -0.3 is 4.74 Å². The van der Waals surface area contributed by atoms with Crippen LogP contribution < -0.4 is 4.74 Å². The fraction of sp³-hybridized carbons (Fsp3) is 0.222. The van der Waals surface area contributed by atoms with Crippen LogP contribution in [0.5, 0.6) is 5.75 Å². The van der Waals surface area contributed by atoms with Crippen molar-refractivity contribution in [2.45, 2.75) is 19.8 Å². The molecule has 0 radical (unpaired) electrons. The first-order chi connectivity index (χ1) is 10.1. The Labute approximate surface area is 124 Å². The highest BCUT2D eigenvalue weighted by molar-refractivity contribution is 6.04. The molecule has 0 N–H and O–H groups in total. The van der Waals surface area contributed by atoms with Crippen LogP contribution in [0.2, 0.25) is 0 Å². The molecule has 21 heavy (non-hydrogen) atoms. The van der Waals surface area contributed by atoms with Gasteiger partial charge in [0.25, 0.3) is 0 Å². The summed E-state index contributed by atoms with van der Waals surface area (Å²) in [6.07, 6.45) is 0. The third kappa shape index (κ3) is 3.11. The van der Waals surface area contributed by atoms with Crippen molar-refractivity contribution in [1.29, 1.82) is 5.26 Å². The number of hydrogen-bond acceptors (Lipinski definition) is 3. The molecule has 1 atom stereocenters. The summed E-state index contributed by atoms with van der Waals surface area (Å²) in [5, 5.41) is 9.42. The smallest absolute Gasteiger partial charge is 0.184 e. The fourth-order valence-electron chi connectivity index (χ4n) is 2.26. The molecule has 2 rings (SSSR count). The maximum absolute atomic E-state index is 12.7. The maximum atomic E-state index is 12.7.